The van der Waals surface area contributed by atoms with Gasteiger partial charge in [0.15, 0.2) is 0 Å². The minimum atomic E-state index is 0.594. The fourth-order valence-corrected chi connectivity index (χ4v) is 3.18. The van der Waals surface area contributed by atoms with E-state index in [0.29, 0.717) is 17.9 Å². The summed E-state index contributed by atoms with van der Waals surface area (Å²) in [4.78, 5) is 2.56. The van der Waals surface area contributed by atoms with Crippen molar-refractivity contribution in [3.63, 3.8) is 0 Å². The Morgan fingerprint density at radius 3 is 2.59 bits per heavy atom. The van der Waals surface area contributed by atoms with Gasteiger partial charge in [-0.3, -0.25) is 0 Å². The van der Waals surface area contributed by atoms with Crippen molar-refractivity contribution in [1.29, 1.82) is 0 Å². The maximum Gasteiger partial charge on any atom is 0.0368 e. The highest BCUT2D eigenvalue weighted by molar-refractivity contribution is 5.47. The Labute approximate surface area is 105 Å². The van der Waals surface area contributed by atoms with Gasteiger partial charge in [-0.2, -0.15) is 0 Å². The van der Waals surface area contributed by atoms with Crippen LogP contribution >= 0.6 is 0 Å². The van der Waals surface area contributed by atoms with Crippen LogP contribution in [0.2, 0.25) is 0 Å². The lowest BCUT2D eigenvalue weighted by molar-refractivity contribution is 0.271. The molecule has 1 saturated heterocycles. The Balaban J connectivity index is 2.24. The lowest BCUT2D eigenvalue weighted by Gasteiger charge is -2.45. The van der Waals surface area contributed by atoms with Crippen molar-refractivity contribution >= 4 is 5.69 Å². The molecule has 2 rings (SSSR count). The van der Waals surface area contributed by atoms with Crippen LogP contribution in [0.5, 0.6) is 0 Å². The molecule has 1 aliphatic heterocycles. The van der Waals surface area contributed by atoms with Crippen LogP contribution in [0.15, 0.2) is 30.3 Å². The molecule has 1 aliphatic rings. The van der Waals surface area contributed by atoms with Gasteiger partial charge in [0.05, 0.1) is 0 Å². The summed E-state index contributed by atoms with van der Waals surface area (Å²) >= 11 is 0. The number of para-hydroxylation sites is 1. The highest BCUT2D eigenvalue weighted by Gasteiger charge is 2.32. The van der Waals surface area contributed by atoms with Crippen LogP contribution < -0.4 is 10.6 Å². The highest BCUT2D eigenvalue weighted by Crippen LogP contribution is 2.32. The topological polar surface area (TPSA) is 29.3 Å². The number of rotatable bonds is 3. The summed E-state index contributed by atoms with van der Waals surface area (Å²) in [7, 11) is 0. The minimum Gasteiger partial charge on any atom is -0.368 e. The number of nitrogens with zero attached hydrogens (tertiary/aromatic N) is 1. The van der Waals surface area contributed by atoms with E-state index >= 15 is 0 Å². The molecule has 0 radical (unpaired) electrons. The van der Waals surface area contributed by atoms with Gasteiger partial charge in [0.25, 0.3) is 0 Å². The van der Waals surface area contributed by atoms with Crippen molar-refractivity contribution in [1.82, 2.24) is 0 Å². The normalized spacial score (nSPS) is 25.3. The lowest BCUT2D eigenvalue weighted by Crippen LogP contribution is -2.50. The highest BCUT2D eigenvalue weighted by atomic mass is 15.2. The summed E-state index contributed by atoms with van der Waals surface area (Å²) in [6.07, 6.45) is 2.54. The molecule has 0 unspecified atom stereocenters. The molecular formula is C15H24N2. The van der Waals surface area contributed by atoms with Crippen LogP contribution in [0, 0.1) is 11.8 Å². The molecule has 17 heavy (non-hydrogen) atoms. The van der Waals surface area contributed by atoms with E-state index in [1.165, 1.54) is 25.1 Å². The Morgan fingerprint density at radius 2 is 2.00 bits per heavy atom. The van der Waals surface area contributed by atoms with E-state index in [9.17, 15) is 0 Å². The first-order chi connectivity index (χ1) is 8.24. The second kappa shape index (κ2) is 5.54. The second-order valence-electron chi connectivity index (χ2n) is 5.40. The van der Waals surface area contributed by atoms with Crippen LogP contribution in [-0.2, 0) is 0 Å². The molecule has 2 N–H and O–H groups in total. The maximum atomic E-state index is 5.95. The van der Waals surface area contributed by atoms with E-state index in [2.05, 4.69) is 49.1 Å². The van der Waals surface area contributed by atoms with E-state index in [0.717, 1.165) is 6.54 Å². The Kier molecular flexibility index (Phi) is 4.06. The average Bonchev–Trinajstić information content (AvgIpc) is 2.38. The summed E-state index contributed by atoms with van der Waals surface area (Å²) in [5.41, 5.74) is 7.30. The largest absolute Gasteiger partial charge is 0.368 e. The van der Waals surface area contributed by atoms with Crippen LogP contribution in [0.4, 0.5) is 5.69 Å². The molecule has 2 heteroatoms. The minimum absolute atomic E-state index is 0.594. The lowest BCUT2D eigenvalue weighted by atomic mass is 9.82. The van der Waals surface area contributed by atoms with E-state index in [1.54, 1.807) is 0 Å². The summed E-state index contributed by atoms with van der Waals surface area (Å²) in [5.74, 6) is 1.30. The van der Waals surface area contributed by atoms with E-state index in [-0.39, 0.29) is 0 Å². The number of hydrogen-bond donors (Lipinski definition) is 1. The zero-order chi connectivity index (χ0) is 12.3. The summed E-state index contributed by atoms with van der Waals surface area (Å²) in [5, 5.41) is 0. The first-order valence-corrected chi connectivity index (χ1v) is 6.75. The molecule has 1 aromatic rings. The molecule has 0 aliphatic carbocycles. The van der Waals surface area contributed by atoms with Crippen LogP contribution in [0.3, 0.4) is 0 Å². The van der Waals surface area contributed by atoms with Gasteiger partial charge in [-0.1, -0.05) is 32.0 Å². The Morgan fingerprint density at radius 1 is 1.29 bits per heavy atom. The molecular weight excluding hydrogens is 208 g/mol. The van der Waals surface area contributed by atoms with Gasteiger partial charge in [-0.25, -0.2) is 0 Å². The molecule has 2 nitrogen and oxygen atoms in total. The van der Waals surface area contributed by atoms with Crippen LogP contribution in [0.1, 0.15) is 26.7 Å². The molecule has 0 saturated carbocycles. The molecule has 0 amide bonds. The third-order valence-electron chi connectivity index (χ3n) is 3.89. The van der Waals surface area contributed by atoms with E-state index < -0.39 is 0 Å². The van der Waals surface area contributed by atoms with E-state index in [4.69, 9.17) is 5.73 Å². The zero-order valence-corrected chi connectivity index (χ0v) is 11.0. The van der Waals surface area contributed by atoms with Crippen LogP contribution in [0.25, 0.3) is 0 Å². The molecule has 94 valence electrons. The summed E-state index contributed by atoms with van der Waals surface area (Å²) in [6.45, 7) is 6.61. The van der Waals surface area contributed by atoms with Crippen molar-refractivity contribution in [2.24, 2.45) is 17.6 Å². The SMILES string of the molecule is CC(C)[C@@H]1[C@@H](CN)CCCN1c1ccccc1. The molecule has 0 aromatic heterocycles. The molecule has 0 spiro atoms. The van der Waals surface area contributed by atoms with Crippen molar-refractivity contribution in [3.8, 4) is 0 Å². The number of anilines is 1. The van der Waals surface area contributed by atoms with Gasteiger partial charge in [0.2, 0.25) is 0 Å². The van der Waals surface area contributed by atoms with Gasteiger partial charge in [-0.05, 0) is 43.4 Å². The predicted molar refractivity (Wildman–Crippen MR) is 74.2 cm³/mol. The van der Waals surface area contributed by atoms with Gasteiger partial charge in [0.1, 0.15) is 0 Å². The van der Waals surface area contributed by atoms with Crippen molar-refractivity contribution in [2.75, 3.05) is 18.0 Å². The molecule has 1 heterocycles. The zero-order valence-electron chi connectivity index (χ0n) is 11.0. The first kappa shape index (κ1) is 12.4. The smallest absolute Gasteiger partial charge is 0.0368 e. The second-order valence-corrected chi connectivity index (χ2v) is 5.40. The van der Waals surface area contributed by atoms with Gasteiger partial charge >= 0.3 is 0 Å². The first-order valence-electron chi connectivity index (χ1n) is 6.75. The third-order valence-corrected chi connectivity index (χ3v) is 3.89. The number of benzene rings is 1. The standard InChI is InChI=1S/C15H24N2/c1-12(2)15-13(11-16)7-6-10-17(15)14-8-4-3-5-9-14/h3-5,8-9,12-13,15H,6-7,10-11,16H2,1-2H3/t13-,15-/m1/s1. The monoisotopic (exact) mass is 232 g/mol. The van der Waals surface area contributed by atoms with Crippen molar-refractivity contribution < 1.29 is 0 Å². The maximum absolute atomic E-state index is 5.95. The Bertz CT molecular complexity index is 334. The quantitative estimate of drug-likeness (QED) is 0.868. The Hall–Kier alpha value is -1.02. The molecule has 2 atom stereocenters. The molecule has 1 fully saturated rings. The predicted octanol–water partition coefficient (Wildman–Crippen LogP) is 2.89. The van der Waals surface area contributed by atoms with Gasteiger partial charge in [-0.15, -0.1) is 0 Å². The van der Waals surface area contributed by atoms with Gasteiger partial charge < -0.3 is 10.6 Å². The third kappa shape index (κ3) is 2.63. The average molecular weight is 232 g/mol. The van der Waals surface area contributed by atoms with Crippen LogP contribution in [-0.4, -0.2) is 19.1 Å². The number of hydrogen-bond acceptors (Lipinski definition) is 2. The fourth-order valence-electron chi connectivity index (χ4n) is 3.18. The molecule has 0 bridgehead atoms. The number of piperidine rings is 1. The number of nitrogens with two attached hydrogens (primary N) is 1. The molecule has 1 aromatic carbocycles. The van der Waals surface area contributed by atoms with Crippen molar-refractivity contribution in [3.05, 3.63) is 30.3 Å². The summed E-state index contributed by atoms with van der Waals surface area (Å²) < 4.78 is 0. The van der Waals surface area contributed by atoms with Gasteiger partial charge in [0, 0.05) is 18.3 Å². The van der Waals surface area contributed by atoms with Crippen molar-refractivity contribution in [2.45, 2.75) is 32.7 Å². The summed E-state index contributed by atoms with van der Waals surface area (Å²) in [6, 6.07) is 11.4. The van der Waals surface area contributed by atoms with E-state index in [1.807, 2.05) is 0 Å². The fraction of sp³-hybridized carbons (Fsp3) is 0.600.